The van der Waals surface area contributed by atoms with E-state index in [4.69, 9.17) is 5.73 Å². The van der Waals surface area contributed by atoms with E-state index in [2.05, 4.69) is 42.5 Å². The minimum Gasteiger partial charge on any atom is -0.480 e. The number of carbonyl (C=O) groups excluding carboxylic acids is 8. The number of aliphatic carboxylic acids is 1. The van der Waals surface area contributed by atoms with Crippen molar-refractivity contribution < 1.29 is 48.3 Å². The minimum atomic E-state index is -1.25. The van der Waals surface area contributed by atoms with E-state index < -0.39 is 108 Å². The van der Waals surface area contributed by atoms with Crippen molar-refractivity contribution >= 4 is 53.2 Å². The van der Waals surface area contributed by atoms with E-state index in [0.29, 0.717) is 11.1 Å². The molecule has 2 aromatic rings. The lowest BCUT2D eigenvalue weighted by Crippen LogP contribution is -2.59. The van der Waals surface area contributed by atoms with Crippen LogP contribution < -0.4 is 48.3 Å². The number of hydrogen-bond acceptors (Lipinski definition) is 10. The van der Waals surface area contributed by atoms with Gasteiger partial charge in [0.1, 0.15) is 42.3 Å². The molecule has 66 heavy (non-hydrogen) atoms. The molecule has 11 N–H and O–H groups in total. The molecular weight excluding hydrogens is 851 g/mol. The lowest BCUT2D eigenvalue weighted by Gasteiger charge is -2.27. The first kappa shape index (κ1) is 55.8. The number of nitrogens with two attached hydrogens (primary N) is 1. The summed E-state index contributed by atoms with van der Waals surface area (Å²) in [5, 5.41) is 30.2. The van der Waals surface area contributed by atoms with Crippen LogP contribution in [0.2, 0.25) is 0 Å². The van der Waals surface area contributed by atoms with Gasteiger partial charge >= 0.3 is 5.97 Å². The Balaban J connectivity index is 2.21. The average molecular weight is 922 g/mol. The van der Waals surface area contributed by atoms with E-state index in [1.165, 1.54) is 20.8 Å². The highest BCUT2D eigenvalue weighted by molar-refractivity contribution is 5.97. The van der Waals surface area contributed by atoms with Crippen LogP contribution in [0.5, 0.6) is 0 Å². The second-order valence-electron chi connectivity index (χ2n) is 17.9. The molecule has 2 aromatic carbocycles. The van der Waals surface area contributed by atoms with Gasteiger partial charge in [0.25, 0.3) is 0 Å². The maximum Gasteiger partial charge on any atom is 0.325 e. The van der Waals surface area contributed by atoms with Crippen molar-refractivity contribution in [2.75, 3.05) is 6.54 Å². The van der Waals surface area contributed by atoms with Crippen LogP contribution in [0.1, 0.15) is 92.7 Å². The van der Waals surface area contributed by atoms with Crippen LogP contribution in [0.4, 0.5) is 0 Å². The zero-order chi connectivity index (χ0) is 49.7. The SMILES string of the molecule is CC(C)C[C@H](NC(=O)[C@H](C)N)C(=O)N[C@@H](Cc1ccccc1)C(=O)NCC(=O)N[C@@H](C)C(=O)N[C@@H](CC(C)C)C(=O)N[C@@H](Cc1ccccc1)C(=O)N[C@@H](CC(C)C)C(=O)N[C@@H](C)C(=O)O. The third kappa shape index (κ3) is 20.6. The summed E-state index contributed by atoms with van der Waals surface area (Å²) in [7, 11) is 0. The van der Waals surface area contributed by atoms with E-state index in [-0.39, 0.29) is 49.9 Å². The Hall–Kier alpha value is -6.37. The summed E-state index contributed by atoms with van der Waals surface area (Å²) >= 11 is 0. The van der Waals surface area contributed by atoms with Crippen molar-refractivity contribution in [3.63, 3.8) is 0 Å². The van der Waals surface area contributed by atoms with Gasteiger partial charge in [0, 0.05) is 12.8 Å². The van der Waals surface area contributed by atoms with Crippen LogP contribution in [0, 0.1) is 17.8 Å². The summed E-state index contributed by atoms with van der Waals surface area (Å²) in [5.41, 5.74) is 7.12. The summed E-state index contributed by atoms with van der Waals surface area (Å²) in [6.07, 6.45) is 0.655. The van der Waals surface area contributed by atoms with Gasteiger partial charge in [0.2, 0.25) is 47.3 Å². The normalized spacial score (nSPS) is 14.8. The molecule has 2 rings (SSSR count). The summed E-state index contributed by atoms with van der Waals surface area (Å²) in [6.45, 7) is 14.7. The fourth-order valence-electron chi connectivity index (χ4n) is 6.67. The van der Waals surface area contributed by atoms with Crippen molar-refractivity contribution in [3.05, 3.63) is 71.8 Å². The van der Waals surface area contributed by atoms with Crippen LogP contribution in [0.25, 0.3) is 0 Å². The maximum atomic E-state index is 14.0. The number of benzene rings is 2. The molecule has 0 aliphatic rings. The number of rotatable bonds is 27. The predicted octanol–water partition coefficient (Wildman–Crippen LogP) is 0.592. The number of amides is 8. The molecule has 364 valence electrons. The maximum absolute atomic E-state index is 14.0. The summed E-state index contributed by atoms with van der Waals surface area (Å²) < 4.78 is 0. The molecule has 0 bridgehead atoms. The molecule has 0 spiro atoms. The number of hydrogen-bond donors (Lipinski definition) is 10. The molecule has 0 saturated heterocycles. The van der Waals surface area contributed by atoms with Crippen LogP contribution in [0.3, 0.4) is 0 Å². The van der Waals surface area contributed by atoms with Crippen molar-refractivity contribution in [2.24, 2.45) is 23.5 Å². The van der Waals surface area contributed by atoms with Gasteiger partial charge < -0.3 is 53.4 Å². The van der Waals surface area contributed by atoms with Gasteiger partial charge in [-0.1, -0.05) is 102 Å². The molecule has 19 heteroatoms. The lowest BCUT2D eigenvalue weighted by molar-refractivity contribution is -0.142. The van der Waals surface area contributed by atoms with Crippen LogP contribution in [-0.2, 0) is 56.0 Å². The van der Waals surface area contributed by atoms with Gasteiger partial charge in [-0.3, -0.25) is 43.2 Å². The molecule has 19 nitrogen and oxygen atoms in total. The second kappa shape index (κ2) is 27.8. The third-order valence-electron chi connectivity index (χ3n) is 10.2. The largest absolute Gasteiger partial charge is 0.480 e. The Labute approximate surface area is 387 Å². The smallest absolute Gasteiger partial charge is 0.325 e. The van der Waals surface area contributed by atoms with E-state index in [9.17, 15) is 48.3 Å². The molecule has 0 fully saturated rings. The molecule has 0 heterocycles. The molecule has 0 unspecified atom stereocenters. The minimum absolute atomic E-state index is 0.00314. The van der Waals surface area contributed by atoms with E-state index >= 15 is 0 Å². The van der Waals surface area contributed by atoms with Crippen LogP contribution in [-0.4, -0.2) is 113 Å². The molecule has 8 atom stereocenters. The summed E-state index contributed by atoms with van der Waals surface area (Å²) in [4.78, 5) is 119. The standard InChI is InChI=1S/C47H71N9O10/c1-26(2)20-34(43(61)51-31(9)47(65)66)54-46(64)38(24-33-18-14-11-15-19-33)56-45(63)36(22-28(5)6)53-41(59)30(8)50-39(57)25-49-42(60)37(23-32-16-12-10-13-17-32)55-44(62)35(21-27(3)4)52-40(58)29(7)48/h10-19,26-31,34-38H,20-25,48H2,1-9H3,(H,49,60)(H,50,57)(H,51,61)(H,52,58)(H,53,59)(H,54,64)(H,55,62)(H,56,63)(H,65,66)/t29-,30-,31-,34-,35-,36-,37-,38-/m0/s1. The van der Waals surface area contributed by atoms with Gasteiger partial charge in [-0.2, -0.15) is 0 Å². The van der Waals surface area contributed by atoms with E-state index in [1.54, 1.807) is 60.7 Å². The first-order valence-electron chi connectivity index (χ1n) is 22.4. The highest BCUT2D eigenvalue weighted by atomic mass is 16.4. The number of nitrogens with one attached hydrogen (secondary N) is 8. The summed E-state index contributed by atoms with van der Waals surface area (Å²) in [6, 6.07) is 8.74. The van der Waals surface area contributed by atoms with Crippen molar-refractivity contribution in [3.8, 4) is 0 Å². The average Bonchev–Trinajstić information content (AvgIpc) is 3.24. The number of carboxylic acid groups (broad SMARTS) is 1. The van der Waals surface area contributed by atoms with Gasteiger partial charge in [-0.05, 0) is 68.9 Å². The van der Waals surface area contributed by atoms with Crippen molar-refractivity contribution in [1.29, 1.82) is 0 Å². The zero-order valence-electron chi connectivity index (χ0n) is 39.6. The first-order chi connectivity index (χ1) is 31.0. The van der Waals surface area contributed by atoms with Crippen molar-refractivity contribution in [2.45, 2.75) is 143 Å². The third-order valence-corrected chi connectivity index (χ3v) is 10.2. The zero-order valence-corrected chi connectivity index (χ0v) is 39.6. The molecule has 0 aromatic heterocycles. The van der Waals surface area contributed by atoms with E-state index in [1.807, 2.05) is 41.5 Å². The fourth-order valence-corrected chi connectivity index (χ4v) is 6.67. The molecule has 0 saturated carbocycles. The Morgan fingerprint density at radius 3 is 1.18 bits per heavy atom. The highest BCUT2D eigenvalue weighted by Crippen LogP contribution is 2.12. The van der Waals surface area contributed by atoms with E-state index in [0.717, 1.165) is 0 Å². The number of carbonyl (C=O) groups is 9. The van der Waals surface area contributed by atoms with Gasteiger partial charge in [0.15, 0.2) is 0 Å². The lowest BCUT2D eigenvalue weighted by atomic mass is 9.99. The van der Waals surface area contributed by atoms with Gasteiger partial charge in [0.05, 0.1) is 12.6 Å². The topological polar surface area (TPSA) is 296 Å². The quantitative estimate of drug-likeness (QED) is 0.0592. The Bertz CT molecular complexity index is 1950. The van der Waals surface area contributed by atoms with Crippen LogP contribution >= 0.6 is 0 Å². The Morgan fingerprint density at radius 1 is 0.439 bits per heavy atom. The Kier molecular flexibility index (Phi) is 23.5. The van der Waals surface area contributed by atoms with Crippen molar-refractivity contribution in [1.82, 2.24) is 42.5 Å². The molecule has 0 radical (unpaired) electrons. The first-order valence-corrected chi connectivity index (χ1v) is 22.4. The predicted molar refractivity (Wildman–Crippen MR) is 248 cm³/mol. The Morgan fingerprint density at radius 2 is 0.788 bits per heavy atom. The summed E-state index contributed by atoms with van der Waals surface area (Å²) in [5.74, 6) is -6.90. The number of carboxylic acids is 1. The monoisotopic (exact) mass is 922 g/mol. The van der Waals surface area contributed by atoms with Crippen LogP contribution in [0.15, 0.2) is 60.7 Å². The molecular formula is C47H71N9O10. The fraction of sp³-hybridized carbons (Fsp3) is 0.553. The highest BCUT2D eigenvalue weighted by Gasteiger charge is 2.33. The van der Waals surface area contributed by atoms with Gasteiger partial charge in [-0.25, -0.2) is 0 Å². The molecule has 8 amide bonds. The second-order valence-corrected chi connectivity index (χ2v) is 17.9. The molecule has 0 aliphatic heterocycles. The molecule has 0 aliphatic carbocycles. The van der Waals surface area contributed by atoms with Gasteiger partial charge in [-0.15, -0.1) is 0 Å².